The topological polar surface area (TPSA) is 616 Å². The molecule has 0 radical (unpaired) electrons. The number of hydrogen-bond acceptors (Lipinski definition) is 31. The van der Waals surface area contributed by atoms with Crippen LogP contribution in [0.15, 0.2) is 23.3 Å². The van der Waals surface area contributed by atoms with E-state index in [0.29, 0.717) is 22.3 Å². The molecular formula is C56H86N17O21S3+. The third-order valence-electron chi connectivity index (χ3n) is 15.4. The van der Waals surface area contributed by atoms with Crippen LogP contribution >= 0.6 is 22.7 Å². The van der Waals surface area contributed by atoms with Gasteiger partial charge in [-0.15, -0.1) is 22.7 Å². The van der Waals surface area contributed by atoms with Gasteiger partial charge in [-0.25, -0.2) is 29.7 Å². The SMILES string of the molecule is COCC1O[C@H](O[C@H]2C(O)[C@H](O)C(CO)O[C@H]2O[C@@H](c2c[nH]cn2)[C@H](NC(=O)c2nc([C@H](CC(N)=O)NC[C@H](N)C(N)=O)nc(N)c2C)C(=O)N[C@H](C)[C@@H](O)[C@H](C)C(=O)N[C@H](C(=O)NCCc2nc(-c3nc(C(=O)NCCC[S+](C)C)cs3)cs2)[C@@H](C)O)C(O)[C@H](OC(N)=O)[C@@H]1O. The van der Waals surface area contributed by atoms with Gasteiger partial charge in [0.1, 0.15) is 100 Å². The number of primary amides is 3. The van der Waals surface area contributed by atoms with Gasteiger partial charge in [-0.1, -0.05) is 6.92 Å². The summed E-state index contributed by atoms with van der Waals surface area (Å²) in [5.41, 5.74) is 28.1. The van der Waals surface area contributed by atoms with Gasteiger partial charge < -0.3 is 130 Å². The summed E-state index contributed by atoms with van der Waals surface area (Å²) < 4.78 is 34.3. The van der Waals surface area contributed by atoms with Crippen LogP contribution in [0.2, 0.25) is 0 Å². The summed E-state index contributed by atoms with van der Waals surface area (Å²) >= 11 is 2.53. The zero-order chi connectivity index (χ0) is 71.7. The fourth-order valence-electron chi connectivity index (χ4n) is 9.94. The number of carbonyl (C=O) groups is 8. The van der Waals surface area contributed by atoms with Crippen LogP contribution in [0.5, 0.6) is 0 Å². The molecule has 6 heterocycles. The highest BCUT2D eigenvalue weighted by molar-refractivity contribution is 7.95. The van der Waals surface area contributed by atoms with E-state index in [9.17, 15) is 69.3 Å². The standard InChI is InChI=1S/C56H85N17O21S3/c1-21-34(70-47(73-45(21)59)26(13-32(58)76)65-14-25(57)46(60)82)51(86)72-36(42(27-15-62-20-66-27)92-55-44(40(80)38(78)30(16-74)90-55)93-54-41(81)43(94-56(61)88)39(79)31(91-54)17-89-5)52(87)67-23(3)37(77)22(2)48(83)71-35(24(4)75)50(85)64-11-9-33-68-29(19-95-33)53-69-28(18-96-53)49(84)63-10-8-12-97(6)7/h15,18-20,22-26,30-31,35-44,54-55,65,74-75,77-81H,8-14,16-17,57H2,1-7H3,(H13-,58,59,60,61,62,63,64,66,67,70,71,72,73,76,82,83,84,85,86,87,88)/p+1/t22-,23+,24+,25-,26-,30?,31?,35-,36-,37-,38+,39+,40?,41?,42-,43+,44-,54+,55-/m0/s1. The second kappa shape index (κ2) is 36.5. The number of ether oxygens (including phenoxy) is 6. The molecule has 6 rings (SSSR count). The van der Waals surface area contributed by atoms with Crippen LogP contribution in [0.3, 0.4) is 0 Å². The van der Waals surface area contributed by atoms with E-state index in [4.69, 9.17) is 57.1 Å². The average molecular weight is 1430 g/mol. The monoisotopic (exact) mass is 1430 g/mol. The first kappa shape index (κ1) is 78.7. The van der Waals surface area contributed by atoms with Crippen molar-refractivity contribution in [3.05, 3.63) is 56.8 Å². The zero-order valence-corrected chi connectivity index (χ0v) is 56.3. The molecule has 41 heteroatoms. The Bertz CT molecular complexity index is 3300. The number of amides is 8. The number of aliphatic hydroxyl groups is 7. The van der Waals surface area contributed by atoms with Gasteiger partial charge in [-0.05, 0) is 31.7 Å². The van der Waals surface area contributed by atoms with Crippen molar-refractivity contribution in [3.8, 4) is 10.7 Å². The Morgan fingerprint density at radius 2 is 1.52 bits per heavy atom. The lowest BCUT2D eigenvalue weighted by Crippen LogP contribution is -2.65. The van der Waals surface area contributed by atoms with Crippen molar-refractivity contribution < 1.29 is 103 Å². The van der Waals surface area contributed by atoms with E-state index in [2.05, 4.69) is 74.3 Å². The molecule has 0 spiro atoms. The van der Waals surface area contributed by atoms with Crippen molar-refractivity contribution in [2.75, 3.05) is 64.0 Å². The van der Waals surface area contributed by atoms with E-state index in [1.54, 1.807) is 10.8 Å². The summed E-state index contributed by atoms with van der Waals surface area (Å²) in [5.74, 6) is -7.62. The summed E-state index contributed by atoms with van der Waals surface area (Å²) in [5, 5.41) is 98.7. The van der Waals surface area contributed by atoms with E-state index in [0.717, 1.165) is 18.5 Å². The Balaban J connectivity index is 1.27. The molecule has 0 aromatic carbocycles. The third kappa shape index (κ3) is 21.4. The number of hydrogen-bond donors (Lipinski definition) is 19. The number of aromatic nitrogens is 6. The van der Waals surface area contributed by atoms with Crippen molar-refractivity contribution in [1.29, 1.82) is 0 Å². The van der Waals surface area contributed by atoms with Crippen LogP contribution in [-0.4, -0.2) is 269 Å². The summed E-state index contributed by atoms with van der Waals surface area (Å²) in [4.78, 5) is 131. The predicted molar refractivity (Wildman–Crippen MR) is 344 cm³/mol. The van der Waals surface area contributed by atoms with Crippen LogP contribution in [-0.2, 0) is 69.7 Å². The third-order valence-corrected chi connectivity index (χ3v) is 18.3. The molecule has 8 amide bonds. The molecular weight excluding hydrogens is 1340 g/mol. The van der Waals surface area contributed by atoms with Crippen LogP contribution in [0.4, 0.5) is 10.6 Å². The number of H-pyrrole nitrogens is 1. The second-order valence-electron chi connectivity index (χ2n) is 23.1. The number of thiazole rings is 2. The molecule has 97 heavy (non-hydrogen) atoms. The molecule has 2 fully saturated rings. The quantitative estimate of drug-likeness (QED) is 0.0149. The van der Waals surface area contributed by atoms with Gasteiger partial charge in [0, 0.05) is 68.5 Å². The van der Waals surface area contributed by atoms with E-state index in [-0.39, 0.29) is 64.9 Å². The maximum atomic E-state index is 15.2. The maximum Gasteiger partial charge on any atom is 0.404 e. The number of rotatable bonds is 36. The number of aromatic amines is 1. The first-order valence-electron chi connectivity index (χ1n) is 30.2. The highest BCUT2D eigenvalue weighted by atomic mass is 32.2. The molecule has 38 nitrogen and oxygen atoms in total. The Kier molecular flexibility index (Phi) is 29.6. The average Bonchev–Trinajstić information content (AvgIpc) is 1.09. The molecule has 19 atom stereocenters. The number of nitrogen functional groups attached to an aromatic ring is 1. The minimum atomic E-state index is -2.17. The Hall–Kier alpha value is -7.30. The van der Waals surface area contributed by atoms with Crippen LogP contribution in [0.25, 0.3) is 10.7 Å². The lowest BCUT2D eigenvalue weighted by molar-refractivity contribution is -0.372. The van der Waals surface area contributed by atoms with Crippen molar-refractivity contribution in [1.82, 2.24) is 61.8 Å². The predicted octanol–water partition coefficient (Wildman–Crippen LogP) is -7.05. The van der Waals surface area contributed by atoms with Gasteiger partial charge in [0.2, 0.25) is 29.5 Å². The summed E-state index contributed by atoms with van der Waals surface area (Å²) in [6.07, 6.45) is -19.1. The maximum absolute atomic E-state index is 15.2. The number of nitrogens with zero attached hydrogens (tertiary/aromatic N) is 5. The fourth-order valence-corrected chi connectivity index (χ4v) is 12.3. The molecule has 0 aliphatic carbocycles. The Morgan fingerprint density at radius 1 is 0.804 bits per heavy atom. The van der Waals surface area contributed by atoms with Gasteiger partial charge >= 0.3 is 6.09 Å². The molecule has 2 aliphatic rings. The molecule has 4 unspecified atom stereocenters. The first-order valence-corrected chi connectivity index (χ1v) is 34.2. The molecule has 0 saturated carbocycles. The van der Waals surface area contributed by atoms with E-state index < -0.39 is 183 Å². The molecule has 4 aromatic heterocycles. The van der Waals surface area contributed by atoms with Crippen LogP contribution in [0, 0.1) is 12.8 Å². The lowest BCUT2D eigenvalue weighted by atomic mass is 9.96. The number of anilines is 1. The largest absolute Gasteiger partial charge is 0.441 e. The minimum absolute atomic E-state index is 0.00103. The summed E-state index contributed by atoms with van der Waals surface area (Å²) in [6.45, 7) is 3.80. The van der Waals surface area contributed by atoms with Crippen molar-refractivity contribution in [2.24, 2.45) is 28.9 Å². The molecule has 2 aliphatic heterocycles. The zero-order valence-electron chi connectivity index (χ0n) is 53.8. The number of nitrogens with one attached hydrogen (secondary N) is 7. The van der Waals surface area contributed by atoms with E-state index in [1.807, 2.05) is 0 Å². The van der Waals surface area contributed by atoms with Gasteiger partial charge in [-0.2, -0.15) is 0 Å². The van der Waals surface area contributed by atoms with Crippen LogP contribution in [0.1, 0.15) is 88.8 Å². The first-order chi connectivity index (χ1) is 45.8. The van der Waals surface area contributed by atoms with Crippen molar-refractivity contribution in [2.45, 2.75) is 157 Å². The van der Waals surface area contributed by atoms with Crippen LogP contribution < -0.4 is 60.6 Å². The van der Waals surface area contributed by atoms with Gasteiger partial charge in [0.15, 0.2) is 18.7 Å². The number of aliphatic hydroxyl groups excluding tert-OH is 7. The summed E-state index contributed by atoms with van der Waals surface area (Å²) in [6, 6.07) is -7.82. The molecule has 24 N–H and O–H groups in total. The number of nitrogens with two attached hydrogens (primary N) is 5. The Morgan fingerprint density at radius 3 is 2.14 bits per heavy atom. The van der Waals surface area contributed by atoms with Crippen molar-refractivity contribution >= 4 is 86.8 Å². The van der Waals surface area contributed by atoms with Crippen molar-refractivity contribution in [3.63, 3.8) is 0 Å². The smallest absolute Gasteiger partial charge is 0.404 e. The molecule has 2 saturated heterocycles. The number of imidazole rings is 1. The van der Waals surface area contributed by atoms with Gasteiger partial charge in [-0.3, -0.25) is 33.6 Å². The normalized spacial score (nSPS) is 23.9. The molecule has 0 bridgehead atoms. The number of carbonyl (C=O) groups excluding carboxylic acids is 8. The highest BCUT2D eigenvalue weighted by Crippen LogP contribution is 2.35. The second-order valence-corrected chi connectivity index (χ2v) is 27.3. The summed E-state index contributed by atoms with van der Waals surface area (Å²) in [7, 11) is 1.48. The lowest BCUT2D eigenvalue weighted by Gasteiger charge is -2.47. The van der Waals surface area contributed by atoms with E-state index >= 15 is 4.79 Å². The molecule has 538 valence electrons. The highest BCUT2D eigenvalue weighted by Gasteiger charge is 2.54. The minimum Gasteiger partial charge on any atom is -0.441 e. The number of methoxy groups -OCH3 is 1. The van der Waals surface area contributed by atoms with Gasteiger partial charge in [0.25, 0.3) is 11.8 Å². The fraction of sp³-hybridized carbons (Fsp3) is 0.625. The Labute approximate surface area is 565 Å². The molecule has 4 aromatic rings. The van der Waals surface area contributed by atoms with Gasteiger partial charge in [0.05, 0.1) is 79.0 Å². The van der Waals surface area contributed by atoms with E-state index in [1.165, 1.54) is 63.7 Å².